The molecule has 0 radical (unpaired) electrons. The minimum atomic E-state index is -0.496. The Bertz CT molecular complexity index is 653. The standard InChI is InChI=1S/C18H24N4O3/c1-12(23)20-16(13-4-2-3-5-13)17(24)21-14-6-8-15(9-7-14)22-11-10-19-18(22)25/h6-9,13,16H,2-5,10-11H2,1H3,(H,19,25)(H,20,23)(H,21,24). The van der Waals surface area contributed by atoms with E-state index in [0.29, 0.717) is 18.8 Å². The van der Waals surface area contributed by atoms with E-state index in [0.717, 1.165) is 31.4 Å². The van der Waals surface area contributed by atoms with Gasteiger partial charge in [-0.15, -0.1) is 0 Å². The Hall–Kier alpha value is -2.57. The van der Waals surface area contributed by atoms with E-state index in [4.69, 9.17) is 0 Å². The summed E-state index contributed by atoms with van der Waals surface area (Å²) < 4.78 is 0. The van der Waals surface area contributed by atoms with Crippen molar-refractivity contribution in [1.82, 2.24) is 10.6 Å². The fourth-order valence-corrected chi connectivity index (χ4v) is 3.57. The molecule has 1 saturated heterocycles. The molecule has 1 heterocycles. The first-order chi connectivity index (χ1) is 12.0. The van der Waals surface area contributed by atoms with Crippen LogP contribution in [-0.4, -0.2) is 37.0 Å². The van der Waals surface area contributed by atoms with Gasteiger partial charge in [0.1, 0.15) is 6.04 Å². The number of nitrogens with zero attached hydrogens (tertiary/aromatic N) is 1. The monoisotopic (exact) mass is 344 g/mol. The van der Waals surface area contributed by atoms with Gasteiger partial charge in [0.2, 0.25) is 11.8 Å². The molecule has 7 heteroatoms. The van der Waals surface area contributed by atoms with Crippen molar-refractivity contribution in [2.75, 3.05) is 23.3 Å². The fourth-order valence-electron chi connectivity index (χ4n) is 3.57. The van der Waals surface area contributed by atoms with Gasteiger partial charge in [0.15, 0.2) is 0 Å². The highest BCUT2D eigenvalue weighted by atomic mass is 16.2. The van der Waals surface area contributed by atoms with Gasteiger partial charge in [-0.25, -0.2) is 4.79 Å². The number of hydrogen-bond donors (Lipinski definition) is 3. The smallest absolute Gasteiger partial charge is 0.321 e. The van der Waals surface area contributed by atoms with Crippen molar-refractivity contribution < 1.29 is 14.4 Å². The predicted octanol–water partition coefficient (Wildman–Crippen LogP) is 1.85. The Morgan fingerprint density at radius 3 is 2.44 bits per heavy atom. The maximum atomic E-state index is 12.6. The third-order valence-electron chi connectivity index (χ3n) is 4.82. The summed E-state index contributed by atoms with van der Waals surface area (Å²) in [5.74, 6) is -0.187. The van der Waals surface area contributed by atoms with Gasteiger partial charge >= 0.3 is 6.03 Å². The highest BCUT2D eigenvalue weighted by Gasteiger charge is 2.31. The molecular weight excluding hydrogens is 320 g/mol. The van der Waals surface area contributed by atoms with E-state index in [1.54, 1.807) is 17.0 Å². The Labute approximate surface area is 147 Å². The molecule has 1 saturated carbocycles. The van der Waals surface area contributed by atoms with Gasteiger partial charge in [-0.05, 0) is 43.0 Å². The van der Waals surface area contributed by atoms with Crippen LogP contribution in [-0.2, 0) is 9.59 Å². The summed E-state index contributed by atoms with van der Waals surface area (Å²) >= 11 is 0. The summed E-state index contributed by atoms with van der Waals surface area (Å²) in [5, 5.41) is 8.43. The van der Waals surface area contributed by atoms with Crippen molar-refractivity contribution in [2.24, 2.45) is 5.92 Å². The number of rotatable bonds is 5. The molecule has 134 valence electrons. The van der Waals surface area contributed by atoms with Crippen LogP contribution in [0.2, 0.25) is 0 Å². The van der Waals surface area contributed by atoms with Crippen molar-refractivity contribution >= 4 is 29.2 Å². The SMILES string of the molecule is CC(=O)NC(C(=O)Nc1ccc(N2CCNC2=O)cc1)C1CCCC1. The second-order valence-electron chi connectivity index (χ2n) is 6.64. The third kappa shape index (κ3) is 4.10. The van der Waals surface area contributed by atoms with Crippen molar-refractivity contribution in [1.29, 1.82) is 0 Å². The molecule has 3 rings (SSSR count). The lowest BCUT2D eigenvalue weighted by Gasteiger charge is -2.23. The van der Waals surface area contributed by atoms with E-state index in [1.165, 1.54) is 6.92 Å². The summed E-state index contributed by atoms with van der Waals surface area (Å²) in [5.41, 5.74) is 1.45. The molecule has 1 atom stereocenters. The van der Waals surface area contributed by atoms with Crippen LogP contribution in [0.25, 0.3) is 0 Å². The van der Waals surface area contributed by atoms with E-state index in [2.05, 4.69) is 16.0 Å². The zero-order valence-corrected chi connectivity index (χ0v) is 14.4. The molecule has 0 aromatic heterocycles. The Morgan fingerprint density at radius 2 is 1.88 bits per heavy atom. The summed E-state index contributed by atoms with van der Waals surface area (Å²) in [7, 11) is 0. The average molecular weight is 344 g/mol. The van der Waals surface area contributed by atoms with E-state index in [9.17, 15) is 14.4 Å². The van der Waals surface area contributed by atoms with E-state index >= 15 is 0 Å². The number of amides is 4. The van der Waals surface area contributed by atoms with Crippen LogP contribution in [0.5, 0.6) is 0 Å². The van der Waals surface area contributed by atoms with E-state index in [-0.39, 0.29) is 23.8 Å². The quantitative estimate of drug-likeness (QED) is 0.761. The number of benzene rings is 1. The normalized spacial score (nSPS) is 18.8. The lowest BCUT2D eigenvalue weighted by atomic mass is 9.97. The van der Waals surface area contributed by atoms with Crippen LogP contribution in [0.3, 0.4) is 0 Å². The van der Waals surface area contributed by atoms with E-state index in [1.807, 2.05) is 12.1 Å². The second-order valence-corrected chi connectivity index (χ2v) is 6.64. The van der Waals surface area contributed by atoms with Crippen LogP contribution in [0.1, 0.15) is 32.6 Å². The zero-order chi connectivity index (χ0) is 17.8. The molecule has 0 bridgehead atoms. The molecule has 1 aromatic rings. The van der Waals surface area contributed by atoms with Crippen molar-refractivity contribution in [3.63, 3.8) is 0 Å². The highest BCUT2D eigenvalue weighted by molar-refractivity contribution is 5.98. The molecule has 2 aliphatic rings. The third-order valence-corrected chi connectivity index (χ3v) is 4.82. The summed E-state index contributed by atoms with van der Waals surface area (Å²) in [6.45, 7) is 2.71. The van der Waals surface area contributed by atoms with Gasteiger partial charge < -0.3 is 16.0 Å². The molecule has 2 fully saturated rings. The Morgan fingerprint density at radius 1 is 1.20 bits per heavy atom. The first-order valence-corrected chi connectivity index (χ1v) is 8.78. The lowest BCUT2D eigenvalue weighted by Crippen LogP contribution is -2.47. The molecule has 1 aliphatic carbocycles. The summed E-state index contributed by atoms with van der Waals surface area (Å²) in [4.78, 5) is 37.4. The topological polar surface area (TPSA) is 90.5 Å². The van der Waals surface area contributed by atoms with Crippen LogP contribution >= 0.6 is 0 Å². The maximum absolute atomic E-state index is 12.6. The average Bonchev–Trinajstić information content (AvgIpc) is 3.25. The molecule has 3 N–H and O–H groups in total. The van der Waals surface area contributed by atoms with Gasteiger partial charge in [0.05, 0.1) is 0 Å². The van der Waals surface area contributed by atoms with Crippen molar-refractivity contribution in [2.45, 2.75) is 38.6 Å². The van der Waals surface area contributed by atoms with Crippen LogP contribution in [0, 0.1) is 5.92 Å². The highest BCUT2D eigenvalue weighted by Crippen LogP contribution is 2.28. The van der Waals surface area contributed by atoms with Gasteiger partial charge in [-0.2, -0.15) is 0 Å². The molecule has 4 amide bonds. The molecule has 7 nitrogen and oxygen atoms in total. The summed E-state index contributed by atoms with van der Waals surface area (Å²) in [6.07, 6.45) is 4.12. The van der Waals surface area contributed by atoms with Crippen LogP contribution in [0.15, 0.2) is 24.3 Å². The Balaban J connectivity index is 1.66. The molecule has 25 heavy (non-hydrogen) atoms. The Kier molecular flexibility index (Phi) is 5.21. The molecule has 0 spiro atoms. The van der Waals surface area contributed by atoms with Gasteiger partial charge in [-0.1, -0.05) is 12.8 Å². The zero-order valence-electron chi connectivity index (χ0n) is 14.4. The van der Waals surface area contributed by atoms with E-state index < -0.39 is 6.04 Å². The number of hydrogen-bond acceptors (Lipinski definition) is 3. The summed E-state index contributed by atoms with van der Waals surface area (Å²) in [6, 6.07) is 6.57. The second kappa shape index (κ2) is 7.55. The lowest BCUT2D eigenvalue weighted by molar-refractivity contribution is -0.126. The minimum Gasteiger partial charge on any atom is -0.344 e. The number of anilines is 2. The number of nitrogens with one attached hydrogen (secondary N) is 3. The number of urea groups is 1. The van der Waals surface area contributed by atoms with Crippen LogP contribution < -0.4 is 20.9 Å². The van der Waals surface area contributed by atoms with Gasteiger partial charge in [0.25, 0.3) is 0 Å². The molecule has 1 unspecified atom stereocenters. The molecular formula is C18H24N4O3. The number of carbonyl (C=O) groups excluding carboxylic acids is 3. The first-order valence-electron chi connectivity index (χ1n) is 8.78. The van der Waals surface area contributed by atoms with Crippen molar-refractivity contribution in [3.05, 3.63) is 24.3 Å². The largest absolute Gasteiger partial charge is 0.344 e. The van der Waals surface area contributed by atoms with Crippen molar-refractivity contribution in [3.8, 4) is 0 Å². The van der Waals surface area contributed by atoms with Crippen LogP contribution in [0.4, 0.5) is 16.2 Å². The fraction of sp³-hybridized carbons (Fsp3) is 0.500. The van der Waals surface area contributed by atoms with Gasteiger partial charge in [0, 0.05) is 31.4 Å². The number of carbonyl (C=O) groups is 3. The molecule has 1 aliphatic heterocycles. The minimum absolute atomic E-state index is 0.108. The molecule has 1 aromatic carbocycles. The first kappa shape index (κ1) is 17.3. The maximum Gasteiger partial charge on any atom is 0.321 e. The van der Waals surface area contributed by atoms with Gasteiger partial charge in [-0.3, -0.25) is 14.5 Å². The predicted molar refractivity (Wildman–Crippen MR) is 95.4 cm³/mol.